The zero-order valence-electron chi connectivity index (χ0n) is 15.7. The van der Waals surface area contributed by atoms with Crippen molar-refractivity contribution in [3.05, 3.63) is 35.2 Å². The molecule has 2 aromatic rings. The topological polar surface area (TPSA) is 128 Å². The van der Waals surface area contributed by atoms with Crippen LogP contribution in [0.4, 0.5) is 5.69 Å². The molecule has 1 aliphatic heterocycles. The number of carbonyl (C=O) groups is 2. The molecule has 1 atom stereocenters. The third kappa shape index (κ3) is 4.01. The molecule has 150 valence electrons. The molecule has 0 saturated carbocycles. The number of hydrogen-bond acceptors (Lipinski definition) is 7. The molecule has 0 fully saturated rings. The first-order valence-corrected chi connectivity index (χ1v) is 10.3. The van der Waals surface area contributed by atoms with Crippen LogP contribution in [-0.2, 0) is 26.0 Å². The van der Waals surface area contributed by atoms with Gasteiger partial charge in [0, 0.05) is 12.0 Å². The molecule has 1 aromatic carbocycles. The third-order valence-corrected chi connectivity index (χ3v) is 5.85. The maximum atomic E-state index is 12.5. The lowest BCUT2D eigenvalue weighted by molar-refractivity contribution is -0.123. The minimum absolute atomic E-state index is 0.0366. The Morgan fingerprint density at radius 2 is 2.07 bits per heavy atom. The lowest BCUT2D eigenvalue weighted by Crippen LogP contribution is -2.36. The largest absolute Gasteiger partial charge is 0.478 e. The fraction of sp³-hybridized carbons (Fsp3) is 0.389. The van der Waals surface area contributed by atoms with Crippen LogP contribution in [0.5, 0.6) is 5.75 Å². The summed E-state index contributed by atoms with van der Waals surface area (Å²) in [5.41, 5.74) is 1.70. The first-order chi connectivity index (χ1) is 13.2. The minimum Gasteiger partial charge on any atom is -0.478 e. The van der Waals surface area contributed by atoms with Crippen LogP contribution in [0.25, 0.3) is 0 Å². The zero-order valence-corrected chi connectivity index (χ0v) is 16.6. The van der Waals surface area contributed by atoms with Crippen molar-refractivity contribution in [1.29, 1.82) is 0 Å². The predicted octanol–water partition coefficient (Wildman–Crippen LogP) is 1.84. The molecule has 1 aliphatic rings. The smallest absolute Gasteiger partial charge is 0.265 e. The van der Waals surface area contributed by atoms with Gasteiger partial charge in [-0.25, -0.2) is 13.1 Å². The van der Waals surface area contributed by atoms with E-state index in [1.54, 1.807) is 13.8 Å². The monoisotopic (exact) mass is 407 g/mol. The number of nitrogens with zero attached hydrogens (tertiary/aromatic N) is 1. The van der Waals surface area contributed by atoms with Gasteiger partial charge in [-0.15, -0.1) is 0 Å². The normalized spacial score (nSPS) is 16.1. The van der Waals surface area contributed by atoms with Crippen molar-refractivity contribution in [2.75, 3.05) is 5.32 Å². The third-order valence-electron chi connectivity index (χ3n) is 4.48. The summed E-state index contributed by atoms with van der Waals surface area (Å²) in [4.78, 5) is 23.9. The number of amides is 2. The van der Waals surface area contributed by atoms with Gasteiger partial charge in [-0.1, -0.05) is 12.1 Å². The molecule has 9 nitrogen and oxygen atoms in total. The summed E-state index contributed by atoms with van der Waals surface area (Å²) >= 11 is 0. The molecule has 2 heterocycles. The van der Waals surface area contributed by atoms with E-state index in [0.29, 0.717) is 30.0 Å². The molecule has 28 heavy (non-hydrogen) atoms. The van der Waals surface area contributed by atoms with Gasteiger partial charge in [0.25, 0.3) is 15.9 Å². The number of rotatable bonds is 6. The number of anilines is 1. The molecule has 0 saturated heterocycles. The fourth-order valence-electron chi connectivity index (χ4n) is 2.92. The number of nitrogens with one attached hydrogen (secondary N) is 2. The zero-order chi connectivity index (χ0) is 20.5. The van der Waals surface area contributed by atoms with Crippen LogP contribution in [-0.4, -0.2) is 31.5 Å². The highest BCUT2D eigenvalue weighted by Gasteiger charge is 2.28. The Balaban J connectivity index is 1.70. The Bertz CT molecular complexity index is 1010. The van der Waals surface area contributed by atoms with Gasteiger partial charge >= 0.3 is 0 Å². The van der Waals surface area contributed by atoms with Gasteiger partial charge in [-0.05, 0) is 44.9 Å². The van der Waals surface area contributed by atoms with Crippen LogP contribution in [0, 0.1) is 13.8 Å². The van der Waals surface area contributed by atoms with Gasteiger partial charge in [0.1, 0.15) is 11.5 Å². The number of aromatic nitrogens is 1. The van der Waals surface area contributed by atoms with E-state index in [0.717, 1.165) is 5.56 Å². The molecule has 10 heteroatoms. The van der Waals surface area contributed by atoms with E-state index in [2.05, 4.69) is 10.5 Å². The number of carbonyl (C=O) groups excluding carboxylic acids is 2. The van der Waals surface area contributed by atoms with E-state index in [4.69, 9.17) is 9.26 Å². The van der Waals surface area contributed by atoms with Crippen molar-refractivity contribution in [2.24, 2.45) is 0 Å². The predicted molar refractivity (Wildman–Crippen MR) is 99.4 cm³/mol. The summed E-state index contributed by atoms with van der Waals surface area (Å²) < 4.78 is 37.6. The fourth-order valence-corrected chi connectivity index (χ4v) is 3.96. The van der Waals surface area contributed by atoms with Crippen molar-refractivity contribution in [3.8, 4) is 5.75 Å². The Hall–Kier alpha value is -2.88. The van der Waals surface area contributed by atoms with E-state index >= 15 is 0 Å². The highest BCUT2D eigenvalue weighted by molar-refractivity contribution is 7.90. The van der Waals surface area contributed by atoms with Crippen LogP contribution in [0.2, 0.25) is 0 Å². The molecule has 0 spiro atoms. The lowest BCUT2D eigenvalue weighted by Gasteiger charge is -2.25. The first kappa shape index (κ1) is 19.9. The molecule has 3 rings (SSSR count). The first-order valence-electron chi connectivity index (χ1n) is 8.80. The second-order valence-electron chi connectivity index (χ2n) is 6.49. The maximum absolute atomic E-state index is 12.5. The van der Waals surface area contributed by atoms with Crippen LogP contribution < -0.4 is 14.8 Å². The van der Waals surface area contributed by atoms with Crippen LogP contribution >= 0.6 is 0 Å². The van der Waals surface area contributed by atoms with Crippen molar-refractivity contribution in [2.45, 2.75) is 51.0 Å². The number of hydrogen-bond donors (Lipinski definition) is 2. The number of sulfonamides is 1. The summed E-state index contributed by atoms with van der Waals surface area (Å²) in [6.45, 7) is 5.30. The summed E-state index contributed by atoms with van der Waals surface area (Å²) in [6.07, 6.45) is 0.158. The number of aryl methyl sites for hydroxylation is 2. The molecule has 0 aliphatic carbocycles. The van der Waals surface area contributed by atoms with Gasteiger partial charge in [0.05, 0.1) is 16.3 Å². The summed E-state index contributed by atoms with van der Waals surface area (Å²) in [7, 11) is -4.09. The van der Waals surface area contributed by atoms with Gasteiger partial charge in [-0.2, -0.15) is 0 Å². The van der Waals surface area contributed by atoms with Crippen molar-refractivity contribution in [1.82, 2.24) is 9.88 Å². The Labute approximate surface area is 162 Å². The average molecular weight is 407 g/mol. The molecule has 1 aromatic heterocycles. The van der Waals surface area contributed by atoms with E-state index < -0.39 is 22.0 Å². The number of ether oxygens (including phenoxy) is 1. The molecular formula is C18H21N3O6S. The lowest BCUT2D eigenvalue weighted by atomic mass is 10.1. The standard InChI is InChI=1S/C18H21N3O6S/c1-4-15-18(23)19-14-9-12(5-7-16(14)26-15)28(24,25)21-17(22)8-6-13-10(2)20-27-11(13)3/h5,7,9,15H,4,6,8H2,1-3H3,(H,19,23)(H,21,22)/t15-/m0/s1. The molecule has 2 N–H and O–H groups in total. The van der Waals surface area contributed by atoms with Crippen LogP contribution in [0.15, 0.2) is 27.6 Å². The summed E-state index contributed by atoms with van der Waals surface area (Å²) in [6, 6.07) is 4.05. The highest BCUT2D eigenvalue weighted by Crippen LogP contribution is 2.32. The molecule has 0 radical (unpaired) electrons. The summed E-state index contributed by atoms with van der Waals surface area (Å²) in [5, 5.41) is 6.43. The van der Waals surface area contributed by atoms with Crippen molar-refractivity contribution in [3.63, 3.8) is 0 Å². The number of fused-ring (bicyclic) bond motifs is 1. The Kier molecular flexibility index (Phi) is 5.41. The molecule has 2 amide bonds. The second kappa shape index (κ2) is 7.63. The highest BCUT2D eigenvalue weighted by atomic mass is 32.2. The van der Waals surface area contributed by atoms with Gasteiger partial charge in [-0.3, -0.25) is 9.59 Å². The molecule has 0 bridgehead atoms. The molecular weight excluding hydrogens is 386 g/mol. The minimum atomic E-state index is -4.09. The van der Waals surface area contributed by atoms with Crippen molar-refractivity contribution < 1.29 is 27.3 Å². The van der Waals surface area contributed by atoms with Crippen LogP contribution in [0.1, 0.15) is 36.8 Å². The van der Waals surface area contributed by atoms with E-state index in [9.17, 15) is 18.0 Å². The Morgan fingerprint density at radius 1 is 1.32 bits per heavy atom. The SMILES string of the molecule is CC[C@@H]1Oc2ccc(S(=O)(=O)NC(=O)CCc3c(C)noc3C)cc2NC1=O. The van der Waals surface area contributed by atoms with E-state index in [1.165, 1.54) is 18.2 Å². The Morgan fingerprint density at radius 3 is 2.71 bits per heavy atom. The van der Waals surface area contributed by atoms with Crippen molar-refractivity contribution >= 4 is 27.5 Å². The van der Waals surface area contributed by atoms with Gasteiger partial charge < -0.3 is 14.6 Å². The average Bonchev–Trinajstić information content (AvgIpc) is 2.96. The maximum Gasteiger partial charge on any atom is 0.265 e. The second-order valence-corrected chi connectivity index (χ2v) is 8.18. The quantitative estimate of drug-likeness (QED) is 0.748. The molecule has 0 unspecified atom stereocenters. The van der Waals surface area contributed by atoms with Gasteiger partial charge in [0.2, 0.25) is 5.91 Å². The number of benzene rings is 1. The summed E-state index contributed by atoms with van der Waals surface area (Å²) in [5.74, 6) is -0.00352. The van der Waals surface area contributed by atoms with E-state index in [-0.39, 0.29) is 22.9 Å². The van der Waals surface area contributed by atoms with Gasteiger partial charge in [0.15, 0.2) is 6.10 Å². The van der Waals surface area contributed by atoms with Crippen LogP contribution in [0.3, 0.4) is 0 Å². The van der Waals surface area contributed by atoms with E-state index in [1.807, 2.05) is 11.6 Å².